The van der Waals surface area contributed by atoms with Gasteiger partial charge in [-0.2, -0.15) is 0 Å². The van der Waals surface area contributed by atoms with E-state index in [1.165, 1.54) is 6.08 Å². The molecule has 0 heterocycles. The molecular weight excluding hydrogens is 370 g/mol. The molecule has 0 saturated carbocycles. The van der Waals surface area contributed by atoms with Gasteiger partial charge in [0.2, 0.25) is 5.76 Å². The van der Waals surface area contributed by atoms with E-state index >= 15 is 0 Å². The Morgan fingerprint density at radius 1 is 1.03 bits per heavy atom. The number of unbranched alkanes of at least 4 members (excludes halogenated alkanes) is 1. The maximum Gasteiger partial charge on any atom is 0.371 e. The van der Waals surface area contributed by atoms with Crippen LogP contribution >= 0.6 is 0 Å². The van der Waals surface area contributed by atoms with Crippen molar-refractivity contribution < 1.29 is 24.1 Å². The minimum atomic E-state index is -1.11. The Morgan fingerprint density at radius 2 is 1.76 bits per heavy atom. The molecule has 0 unspecified atom stereocenters. The maximum absolute atomic E-state index is 11.3. The summed E-state index contributed by atoms with van der Waals surface area (Å²) < 4.78 is 17.0. The van der Waals surface area contributed by atoms with Gasteiger partial charge in [0, 0.05) is 12.1 Å². The molecule has 0 bridgehead atoms. The van der Waals surface area contributed by atoms with Crippen LogP contribution in [0.15, 0.2) is 48.2 Å². The molecule has 2 aromatic carbocycles. The lowest BCUT2D eigenvalue weighted by Gasteiger charge is -2.14. The van der Waals surface area contributed by atoms with E-state index in [1.807, 2.05) is 24.3 Å². The van der Waals surface area contributed by atoms with E-state index in [0.717, 1.165) is 30.5 Å². The van der Waals surface area contributed by atoms with Crippen molar-refractivity contribution in [2.75, 3.05) is 25.6 Å². The van der Waals surface area contributed by atoms with Gasteiger partial charge in [-0.25, -0.2) is 4.79 Å². The van der Waals surface area contributed by atoms with Crippen LogP contribution in [-0.4, -0.2) is 30.9 Å². The first-order chi connectivity index (χ1) is 14.0. The van der Waals surface area contributed by atoms with Gasteiger partial charge in [0.1, 0.15) is 0 Å². The Bertz CT molecular complexity index is 815. The van der Waals surface area contributed by atoms with E-state index < -0.39 is 5.97 Å². The van der Waals surface area contributed by atoms with Crippen LogP contribution < -0.4 is 15.2 Å². The average molecular weight is 399 g/mol. The van der Waals surface area contributed by atoms with Crippen molar-refractivity contribution in [3.05, 3.63) is 59.4 Å². The number of nitrogen functional groups attached to an aromatic ring is 1. The molecule has 0 radical (unpaired) electrons. The van der Waals surface area contributed by atoms with Gasteiger partial charge in [-0.15, -0.1) is 0 Å². The highest BCUT2D eigenvalue weighted by molar-refractivity contribution is 5.90. The topological polar surface area (TPSA) is 91.0 Å². The second kappa shape index (κ2) is 11.6. The highest BCUT2D eigenvalue weighted by Gasteiger charge is 2.11. The zero-order chi connectivity index (χ0) is 21.1. The van der Waals surface area contributed by atoms with Crippen molar-refractivity contribution in [2.45, 2.75) is 33.1 Å². The van der Waals surface area contributed by atoms with Crippen molar-refractivity contribution in [1.29, 1.82) is 0 Å². The summed E-state index contributed by atoms with van der Waals surface area (Å²) in [6.07, 6.45) is 4.16. The summed E-state index contributed by atoms with van der Waals surface area (Å²) in [5.41, 5.74) is 8.25. The number of aliphatic carboxylic acids is 1. The van der Waals surface area contributed by atoms with Crippen molar-refractivity contribution in [3.8, 4) is 11.5 Å². The number of benzene rings is 2. The molecular formula is C23H29NO5. The summed E-state index contributed by atoms with van der Waals surface area (Å²) in [6.45, 7) is 5.17. The quantitative estimate of drug-likeness (QED) is 0.236. The Kier molecular flexibility index (Phi) is 8.89. The molecule has 3 N–H and O–H groups in total. The highest BCUT2D eigenvalue weighted by Crippen LogP contribution is 2.30. The first-order valence-electron chi connectivity index (χ1n) is 9.85. The number of carboxylic acids is 1. The number of carboxylic acid groups (broad SMARTS) is 1. The van der Waals surface area contributed by atoms with E-state index in [4.69, 9.17) is 19.9 Å². The lowest BCUT2D eigenvalue weighted by molar-refractivity contribution is -0.136. The fourth-order valence-electron chi connectivity index (χ4n) is 2.61. The summed E-state index contributed by atoms with van der Waals surface area (Å²) in [4.78, 5) is 11.3. The van der Waals surface area contributed by atoms with Crippen LogP contribution in [0.4, 0.5) is 5.69 Å². The summed E-state index contributed by atoms with van der Waals surface area (Å²) in [5, 5.41) is 9.25. The molecule has 0 aliphatic carbocycles. The predicted octanol–water partition coefficient (Wildman–Crippen LogP) is 4.53. The van der Waals surface area contributed by atoms with Gasteiger partial charge < -0.3 is 25.1 Å². The van der Waals surface area contributed by atoms with Crippen LogP contribution in [0.2, 0.25) is 0 Å². The fraction of sp³-hybridized carbons (Fsp3) is 0.348. The van der Waals surface area contributed by atoms with E-state index in [0.29, 0.717) is 30.3 Å². The van der Waals surface area contributed by atoms with Gasteiger partial charge >= 0.3 is 5.97 Å². The molecule has 0 aliphatic heterocycles. The third-order valence-electron chi connectivity index (χ3n) is 4.16. The van der Waals surface area contributed by atoms with Crippen LogP contribution in [0.25, 0.3) is 6.08 Å². The smallest absolute Gasteiger partial charge is 0.371 e. The largest absolute Gasteiger partial charge is 0.490 e. The van der Waals surface area contributed by atoms with Crippen molar-refractivity contribution >= 4 is 17.7 Å². The van der Waals surface area contributed by atoms with Gasteiger partial charge in [-0.3, -0.25) is 0 Å². The van der Waals surface area contributed by atoms with Gasteiger partial charge in [-0.05, 0) is 54.8 Å². The molecule has 0 fully saturated rings. The third-order valence-corrected chi connectivity index (χ3v) is 4.16. The predicted molar refractivity (Wildman–Crippen MR) is 114 cm³/mol. The molecule has 156 valence electrons. The normalized spacial score (nSPS) is 11.2. The first-order valence-corrected chi connectivity index (χ1v) is 9.85. The number of rotatable bonds is 12. The number of hydrogen-bond donors (Lipinski definition) is 2. The highest BCUT2D eigenvalue weighted by atomic mass is 16.5. The standard InChI is InChI=1S/C23H29NO5/c1-3-5-13-28-21-15-18(16-22(23(25)26)27-4-2)8-11-20(21)29-14-12-17-6-9-19(24)10-7-17/h6-11,15-16H,3-5,12-14,24H2,1-2H3,(H,25,26)/b22-16-. The van der Waals surface area contributed by atoms with E-state index in [1.54, 1.807) is 25.1 Å². The van der Waals surface area contributed by atoms with E-state index in [2.05, 4.69) is 6.92 Å². The summed E-state index contributed by atoms with van der Waals surface area (Å²) in [7, 11) is 0. The van der Waals surface area contributed by atoms with Crippen molar-refractivity contribution in [2.24, 2.45) is 0 Å². The number of ether oxygens (including phenoxy) is 3. The molecule has 2 aromatic rings. The second-order valence-electron chi connectivity index (χ2n) is 6.49. The molecule has 0 amide bonds. The van der Waals surface area contributed by atoms with Crippen LogP contribution in [0.3, 0.4) is 0 Å². The molecule has 0 atom stereocenters. The van der Waals surface area contributed by atoms with Crippen LogP contribution in [-0.2, 0) is 16.0 Å². The lowest BCUT2D eigenvalue weighted by Crippen LogP contribution is -2.06. The number of carbonyl (C=O) groups is 1. The molecule has 6 heteroatoms. The average Bonchev–Trinajstić information content (AvgIpc) is 2.70. The SMILES string of the molecule is CCCCOc1cc(/C=C(\OCC)C(=O)O)ccc1OCCc1ccc(N)cc1. The Labute approximate surface area is 171 Å². The van der Waals surface area contributed by atoms with E-state index in [9.17, 15) is 9.90 Å². The second-order valence-corrected chi connectivity index (χ2v) is 6.49. The van der Waals surface area contributed by atoms with Gasteiger partial charge in [0.25, 0.3) is 0 Å². The molecule has 29 heavy (non-hydrogen) atoms. The van der Waals surface area contributed by atoms with Crippen LogP contribution in [0.1, 0.15) is 37.8 Å². The summed E-state index contributed by atoms with van der Waals surface area (Å²) in [5.74, 6) is 0.000814. The molecule has 2 rings (SSSR count). The number of anilines is 1. The zero-order valence-corrected chi connectivity index (χ0v) is 17.0. The zero-order valence-electron chi connectivity index (χ0n) is 17.0. The summed E-state index contributed by atoms with van der Waals surface area (Å²) in [6, 6.07) is 13.0. The van der Waals surface area contributed by atoms with Gasteiger partial charge in [-0.1, -0.05) is 31.5 Å². The van der Waals surface area contributed by atoms with Crippen molar-refractivity contribution in [3.63, 3.8) is 0 Å². The van der Waals surface area contributed by atoms with Gasteiger partial charge in [0.05, 0.1) is 19.8 Å². The Morgan fingerprint density at radius 3 is 2.41 bits per heavy atom. The minimum Gasteiger partial charge on any atom is -0.490 e. The fourth-order valence-corrected chi connectivity index (χ4v) is 2.61. The van der Waals surface area contributed by atoms with Crippen molar-refractivity contribution in [1.82, 2.24) is 0 Å². The molecule has 0 saturated heterocycles. The number of hydrogen-bond acceptors (Lipinski definition) is 5. The molecule has 0 aromatic heterocycles. The van der Waals surface area contributed by atoms with Crippen LogP contribution in [0.5, 0.6) is 11.5 Å². The maximum atomic E-state index is 11.3. The lowest BCUT2D eigenvalue weighted by atomic mass is 10.1. The van der Waals surface area contributed by atoms with Gasteiger partial charge in [0.15, 0.2) is 11.5 Å². The third kappa shape index (κ3) is 7.41. The molecule has 0 aliphatic rings. The monoisotopic (exact) mass is 399 g/mol. The number of nitrogens with two attached hydrogens (primary N) is 1. The first kappa shape index (κ1) is 22.1. The van der Waals surface area contributed by atoms with Crippen LogP contribution in [0, 0.1) is 0 Å². The Hall–Kier alpha value is -3.15. The minimum absolute atomic E-state index is 0.107. The van der Waals surface area contributed by atoms with E-state index in [-0.39, 0.29) is 12.4 Å². The molecule has 6 nitrogen and oxygen atoms in total. The molecule has 0 spiro atoms. The summed E-state index contributed by atoms with van der Waals surface area (Å²) >= 11 is 0. The Balaban J connectivity index is 2.13.